The van der Waals surface area contributed by atoms with E-state index in [2.05, 4.69) is 20.5 Å². The highest BCUT2D eigenvalue weighted by atomic mass is 19.3. The van der Waals surface area contributed by atoms with Gasteiger partial charge in [0.1, 0.15) is 0 Å². The molecule has 2 amide bonds. The lowest BCUT2D eigenvalue weighted by atomic mass is 10.1. The summed E-state index contributed by atoms with van der Waals surface area (Å²) in [7, 11) is 1.34. The third-order valence-electron chi connectivity index (χ3n) is 3.73. The maximum Gasteiger partial charge on any atom is 0.387 e. The summed E-state index contributed by atoms with van der Waals surface area (Å²) in [4.78, 5) is 12.2. The monoisotopic (exact) mass is 368 g/mol. The number of anilines is 1. The lowest BCUT2D eigenvalue weighted by Crippen LogP contribution is -2.32. The molecule has 1 atom stereocenters. The SMILES string of the molecule is CC[C@H](NC(=O)Nc1ccc(OC)c(OC(F)F)c1)c1cnn(CC)c1. The predicted molar refractivity (Wildman–Crippen MR) is 92.7 cm³/mol. The van der Waals surface area contributed by atoms with Gasteiger partial charge in [-0.1, -0.05) is 6.92 Å². The van der Waals surface area contributed by atoms with E-state index in [1.807, 2.05) is 20.0 Å². The Morgan fingerprint density at radius 3 is 2.65 bits per heavy atom. The van der Waals surface area contributed by atoms with Crippen LogP contribution in [0.25, 0.3) is 0 Å². The zero-order valence-corrected chi connectivity index (χ0v) is 14.8. The summed E-state index contributed by atoms with van der Waals surface area (Å²) >= 11 is 0. The van der Waals surface area contributed by atoms with Gasteiger partial charge in [-0.05, 0) is 25.5 Å². The second kappa shape index (κ2) is 9.02. The number of aromatic nitrogens is 2. The molecule has 2 rings (SSSR count). The zero-order chi connectivity index (χ0) is 19.1. The molecule has 1 aromatic heterocycles. The third kappa shape index (κ3) is 5.08. The highest BCUT2D eigenvalue weighted by Crippen LogP contribution is 2.31. The number of methoxy groups -OCH3 is 1. The van der Waals surface area contributed by atoms with Crippen LogP contribution in [-0.4, -0.2) is 29.5 Å². The van der Waals surface area contributed by atoms with Crippen LogP contribution in [0.5, 0.6) is 11.5 Å². The number of ether oxygens (including phenoxy) is 2. The maximum atomic E-state index is 12.5. The molecule has 1 aromatic carbocycles. The number of hydrogen-bond donors (Lipinski definition) is 2. The molecule has 0 radical (unpaired) electrons. The van der Waals surface area contributed by atoms with Gasteiger partial charge in [0.05, 0.1) is 19.3 Å². The fourth-order valence-electron chi connectivity index (χ4n) is 2.42. The van der Waals surface area contributed by atoms with Crippen molar-refractivity contribution in [3.63, 3.8) is 0 Å². The second-order valence-corrected chi connectivity index (χ2v) is 5.43. The number of halogens is 2. The van der Waals surface area contributed by atoms with Crippen LogP contribution >= 0.6 is 0 Å². The molecular weight excluding hydrogens is 346 g/mol. The molecule has 2 aromatic rings. The minimum Gasteiger partial charge on any atom is -0.493 e. The van der Waals surface area contributed by atoms with Crippen LogP contribution < -0.4 is 20.1 Å². The number of benzene rings is 1. The molecule has 0 saturated carbocycles. The Hall–Kier alpha value is -2.84. The van der Waals surface area contributed by atoms with Gasteiger partial charge >= 0.3 is 12.6 Å². The number of nitrogens with zero attached hydrogens (tertiary/aromatic N) is 2. The van der Waals surface area contributed by atoms with Gasteiger partial charge in [-0.3, -0.25) is 4.68 Å². The summed E-state index contributed by atoms with van der Waals surface area (Å²) in [6.45, 7) is 1.66. The first kappa shape index (κ1) is 19.5. The Balaban J connectivity index is 2.06. The predicted octanol–water partition coefficient (Wildman–Crippen LogP) is 3.79. The quantitative estimate of drug-likeness (QED) is 0.743. The zero-order valence-electron chi connectivity index (χ0n) is 14.8. The van der Waals surface area contributed by atoms with Crippen LogP contribution in [0.15, 0.2) is 30.6 Å². The molecule has 0 fully saturated rings. The van der Waals surface area contributed by atoms with Gasteiger partial charge in [0.25, 0.3) is 0 Å². The Labute approximate surface area is 150 Å². The molecule has 0 aliphatic carbocycles. The van der Waals surface area contributed by atoms with E-state index in [0.717, 1.165) is 12.1 Å². The first-order valence-corrected chi connectivity index (χ1v) is 8.19. The molecule has 142 valence electrons. The molecule has 9 heteroatoms. The van der Waals surface area contributed by atoms with Crippen molar-refractivity contribution in [1.82, 2.24) is 15.1 Å². The maximum absolute atomic E-state index is 12.5. The van der Waals surface area contributed by atoms with E-state index in [1.165, 1.54) is 25.3 Å². The van der Waals surface area contributed by atoms with Crippen LogP contribution in [0.1, 0.15) is 31.9 Å². The van der Waals surface area contributed by atoms with Crippen molar-refractivity contribution >= 4 is 11.7 Å². The molecule has 26 heavy (non-hydrogen) atoms. The highest BCUT2D eigenvalue weighted by Gasteiger charge is 2.16. The average Bonchev–Trinajstić information content (AvgIpc) is 3.08. The van der Waals surface area contributed by atoms with Crippen molar-refractivity contribution in [2.45, 2.75) is 39.5 Å². The number of aryl methyl sites for hydroxylation is 1. The van der Waals surface area contributed by atoms with Crippen LogP contribution in [0.4, 0.5) is 19.3 Å². The number of alkyl halides is 2. The molecule has 0 unspecified atom stereocenters. The molecular formula is C17H22F2N4O3. The topological polar surface area (TPSA) is 77.4 Å². The highest BCUT2D eigenvalue weighted by molar-refractivity contribution is 5.90. The molecule has 7 nitrogen and oxygen atoms in total. The number of urea groups is 1. The largest absolute Gasteiger partial charge is 0.493 e. The Morgan fingerprint density at radius 1 is 1.31 bits per heavy atom. The summed E-state index contributed by atoms with van der Waals surface area (Å²) in [5, 5.41) is 9.64. The van der Waals surface area contributed by atoms with E-state index < -0.39 is 12.6 Å². The van der Waals surface area contributed by atoms with Crippen molar-refractivity contribution in [3.8, 4) is 11.5 Å². The average molecular weight is 368 g/mol. The Bertz CT molecular complexity index is 737. The van der Waals surface area contributed by atoms with Gasteiger partial charge in [0.15, 0.2) is 11.5 Å². The van der Waals surface area contributed by atoms with E-state index in [1.54, 1.807) is 10.9 Å². The molecule has 0 aliphatic rings. The normalized spacial score (nSPS) is 11.9. The van der Waals surface area contributed by atoms with Crippen LogP contribution in [0.2, 0.25) is 0 Å². The molecule has 2 N–H and O–H groups in total. The van der Waals surface area contributed by atoms with Crippen molar-refractivity contribution in [1.29, 1.82) is 0 Å². The summed E-state index contributed by atoms with van der Waals surface area (Å²) in [5.74, 6) is -0.00811. The fraction of sp³-hybridized carbons (Fsp3) is 0.412. The van der Waals surface area contributed by atoms with E-state index >= 15 is 0 Å². The lowest BCUT2D eigenvalue weighted by Gasteiger charge is -2.17. The summed E-state index contributed by atoms with van der Waals surface area (Å²) in [6.07, 6.45) is 4.25. The lowest BCUT2D eigenvalue weighted by molar-refractivity contribution is -0.0511. The van der Waals surface area contributed by atoms with Gasteiger partial charge in [-0.25, -0.2) is 4.79 Å². The van der Waals surface area contributed by atoms with Gasteiger partial charge in [0, 0.05) is 30.1 Å². The summed E-state index contributed by atoms with van der Waals surface area (Å²) < 4.78 is 36.1. The van der Waals surface area contributed by atoms with Crippen molar-refractivity contribution in [2.75, 3.05) is 12.4 Å². The van der Waals surface area contributed by atoms with E-state index in [9.17, 15) is 13.6 Å². The molecule has 0 aliphatic heterocycles. The van der Waals surface area contributed by atoms with Crippen molar-refractivity contribution < 1.29 is 23.0 Å². The van der Waals surface area contributed by atoms with Gasteiger partial charge in [0.2, 0.25) is 0 Å². The molecule has 0 bridgehead atoms. The minimum atomic E-state index is -2.99. The van der Waals surface area contributed by atoms with Crippen LogP contribution in [-0.2, 0) is 6.54 Å². The Morgan fingerprint density at radius 2 is 2.08 bits per heavy atom. The standard InChI is InChI=1S/C17H22F2N4O3/c1-4-13(11-9-20-23(5-2)10-11)22-17(24)21-12-6-7-14(25-3)15(8-12)26-16(18)19/h6-10,13,16H,4-5H2,1-3H3,(H2,21,22,24)/t13-/m0/s1. The van der Waals surface area contributed by atoms with Crippen molar-refractivity contribution in [2.24, 2.45) is 0 Å². The summed E-state index contributed by atoms with van der Waals surface area (Å²) in [6, 6.07) is 3.57. The second-order valence-electron chi connectivity index (χ2n) is 5.43. The number of rotatable bonds is 8. The number of carbonyl (C=O) groups excluding carboxylic acids is 1. The van der Waals surface area contributed by atoms with Gasteiger partial charge in [-0.15, -0.1) is 0 Å². The number of carbonyl (C=O) groups is 1. The van der Waals surface area contributed by atoms with E-state index in [4.69, 9.17) is 4.74 Å². The van der Waals surface area contributed by atoms with E-state index in [-0.39, 0.29) is 17.5 Å². The smallest absolute Gasteiger partial charge is 0.387 e. The molecule has 0 spiro atoms. The Kier molecular flexibility index (Phi) is 6.76. The third-order valence-corrected chi connectivity index (χ3v) is 3.73. The first-order valence-electron chi connectivity index (χ1n) is 8.19. The fourth-order valence-corrected chi connectivity index (χ4v) is 2.42. The number of nitrogens with one attached hydrogen (secondary N) is 2. The van der Waals surface area contributed by atoms with E-state index in [0.29, 0.717) is 12.1 Å². The van der Waals surface area contributed by atoms with Gasteiger partial charge in [-0.2, -0.15) is 13.9 Å². The van der Waals surface area contributed by atoms with Gasteiger partial charge < -0.3 is 20.1 Å². The minimum absolute atomic E-state index is 0.148. The first-order chi connectivity index (χ1) is 12.5. The van der Waals surface area contributed by atoms with Crippen LogP contribution in [0, 0.1) is 0 Å². The number of amides is 2. The number of hydrogen-bond acceptors (Lipinski definition) is 4. The van der Waals surface area contributed by atoms with Crippen molar-refractivity contribution in [3.05, 3.63) is 36.2 Å². The van der Waals surface area contributed by atoms with Crippen LogP contribution in [0.3, 0.4) is 0 Å². The molecule has 1 heterocycles. The molecule has 0 saturated heterocycles. The summed E-state index contributed by atoms with van der Waals surface area (Å²) in [5.41, 5.74) is 1.19.